The van der Waals surface area contributed by atoms with E-state index in [4.69, 9.17) is 35.0 Å². The van der Waals surface area contributed by atoms with Gasteiger partial charge in [0.2, 0.25) is 0 Å². The molecule has 0 heterocycles. The second kappa shape index (κ2) is 6.15. The summed E-state index contributed by atoms with van der Waals surface area (Å²) in [5.74, 6) is 0. The van der Waals surface area contributed by atoms with E-state index < -0.39 is 6.64 Å². The van der Waals surface area contributed by atoms with Crippen LogP contribution in [0, 0.1) is 3.57 Å². The lowest BCUT2D eigenvalue weighted by molar-refractivity contribution is -0.176. The number of benzene rings is 1. The molecule has 0 radical (unpaired) electrons. The minimum atomic E-state index is -3.26. The lowest BCUT2D eigenvalue weighted by Crippen LogP contribution is -2.00. The predicted octanol–water partition coefficient (Wildman–Crippen LogP) is 3.80. The van der Waals surface area contributed by atoms with Crippen LogP contribution >= 0.6 is 52.4 Å². The average molecular weight is 414 g/mol. The van der Waals surface area contributed by atoms with Gasteiger partial charge in [-0.25, -0.2) is 4.89 Å². The molecule has 4 nitrogen and oxygen atoms in total. The van der Waals surface area contributed by atoms with Crippen molar-refractivity contribution in [2.24, 2.45) is 0 Å². The van der Waals surface area contributed by atoms with Crippen LogP contribution in [0.5, 0.6) is 0 Å². The maximum atomic E-state index is 9.62. The highest BCUT2D eigenvalue weighted by molar-refractivity contribution is 14.1. The molecule has 0 aliphatic carbocycles. The summed E-state index contributed by atoms with van der Waals surface area (Å²) in [5.41, 5.74) is 0.398. The third kappa shape index (κ3) is 4.27. The monoisotopic (exact) mass is 413 g/mol. The number of hydrogen-bond acceptors (Lipinski definition) is 3. The second-order valence-electron chi connectivity index (χ2n) is 2.62. The molecule has 0 saturated carbocycles. The van der Waals surface area contributed by atoms with E-state index in [0.717, 1.165) is 3.57 Å². The first-order chi connectivity index (χ1) is 7.35. The molecule has 0 fully saturated rings. The van der Waals surface area contributed by atoms with Gasteiger partial charge < -0.3 is 9.98 Å². The molecule has 1 unspecified atom stereocenters. The zero-order valence-electron chi connectivity index (χ0n) is 7.91. The van der Waals surface area contributed by atoms with Crippen LogP contribution in [0.25, 0.3) is 0 Å². The SMILES string of the molecule is COOP(O)(=S)Nc1cc(Cl)c(I)cc1Cl. The standard InChI is InChI=1S/C7H7Cl2INO3PS/c1-13-14-15(12,16)11-7-3-4(8)6(10)2-5(7)9/h2-3H,1H3,(H2,11,12,16). The zero-order valence-corrected chi connectivity index (χ0v) is 13.3. The minimum absolute atomic E-state index is 0.386. The summed E-state index contributed by atoms with van der Waals surface area (Å²) < 4.78 is 5.32. The van der Waals surface area contributed by atoms with Crippen molar-refractivity contribution in [1.82, 2.24) is 0 Å². The summed E-state index contributed by atoms with van der Waals surface area (Å²) in [6, 6.07) is 3.21. The summed E-state index contributed by atoms with van der Waals surface area (Å²) in [5, 5.41) is 3.46. The molecule has 0 bridgehead atoms. The summed E-state index contributed by atoms with van der Waals surface area (Å²) in [6.07, 6.45) is 0. The molecule has 1 aromatic carbocycles. The van der Waals surface area contributed by atoms with Crippen LogP contribution in [-0.4, -0.2) is 12.0 Å². The summed E-state index contributed by atoms with van der Waals surface area (Å²) in [6.45, 7) is -3.26. The molecule has 16 heavy (non-hydrogen) atoms. The molecule has 90 valence electrons. The molecule has 1 aromatic rings. The van der Waals surface area contributed by atoms with Gasteiger partial charge in [-0.15, -0.1) is 0 Å². The highest BCUT2D eigenvalue weighted by Crippen LogP contribution is 2.45. The molecular formula is C7H7Cl2INO3PS. The van der Waals surface area contributed by atoms with Crippen molar-refractivity contribution in [3.8, 4) is 0 Å². The van der Waals surface area contributed by atoms with Crippen LogP contribution in [0.2, 0.25) is 10.0 Å². The Kier molecular flexibility index (Phi) is 5.74. The maximum absolute atomic E-state index is 9.62. The van der Waals surface area contributed by atoms with Gasteiger partial charge in [0, 0.05) is 3.57 Å². The molecular weight excluding hydrogens is 407 g/mol. The number of rotatable bonds is 4. The summed E-state index contributed by atoms with van der Waals surface area (Å²) in [7, 11) is 1.25. The van der Waals surface area contributed by atoms with Gasteiger partial charge in [0.25, 0.3) is 0 Å². The van der Waals surface area contributed by atoms with Crippen molar-refractivity contribution < 1.29 is 14.5 Å². The molecule has 1 rings (SSSR count). The molecule has 1 atom stereocenters. The van der Waals surface area contributed by atoms with E-state index in [9.17, 15) is 4.89 Å². The van der Waals surface area contributed by atoms with Crippen molar-refractivity contribution in [1.29, 1.82) is 0 Å². The van der Waals surface area contributed by atoms with Gasteiger partial charge in [-0.3, -0.25) is 0 Å². The lowest BCUT2D eigenvalue weighted by Gasteiger charge is -2.16. The molecule has 0 amide bonds. The smallest absolute Gasteiger partial charge is 0.314 e. The van der Waals surface area contributed by atoms with Crippen molar-refractivity contribution in [2.45, 2.75) is 0 Å². The number of hydrogen-bond donors (Lipinski definition) is 2. The van der Waals surface area contributed by atoms with E-state index in [1.165, 1.54) is 7.11 Å². The topological polar surface area (TPSA) is 50.7 Å². The number of anilines is 1. The van der Waals surface area contributed by atoms with Crippen molar-refractivity contribution in [3.63, 3.8) is 0 Å². The molecule has 0 aromatic heterocycles. The quantitative estimate of drug-likeness (QED) is 0.258. The Morgan fingerprint density at radius 1 is 1.44 bits per heavy atom. The van der Waals surface area contributed by atoms with E-state index in [0.29, 0.717) is 15.7 Å². The molecule has 0 saturated heterocycles. The minimum Gasteiger partial charge on any atom is -0.328 e. The van der Waals surface area contributed by atoms with Crippen LogP contribution in [-0.2, 0) is 21.4 Å². The van der Waals surface area contributed by atoms with Gasteiger partial charge in [-0.05, 0) is 46.5 Å². The Morgan fingerprint density at radius 3 is 2.62 bits per heavy atom. The van der Waals surface area contributed by atoms with Gasteiger partial charge in [-0.2, -0.15) is 4.67 Å². The Labute approximate surface area is 122 Å². The lowest BCUT2D eigenvalue weighted by atomic mass is 10.3. The Bertz CT molecular complexity index is 448. The number of halogens is 3. The van der Waals surface area contributed by atoms with Crippen LogP contribution in [0.4, 0.5) is 5.69 Å². The van der Waals surface area contributed by atoms with Crippen molar-refractivity contribution in [3.05, 3.63) is 25.7 Å². The van der Waals surface area contributed by atoms with E-state index in [1.54, 1.807) is 12.1 Å². The van der Waals surface area contributed by atoms with Crippen LogP contribution in [0.1, 0.15) is 0 Å². The van der Waals surface area contributed by atoms with Gasteiger partial charge in [0.05, 0.1) is 22.8 Å². The van der Waals surface area contributed by atoms with Crippen molar-refractivity contribution in [2.75, 3.05) is 12.2 Å². The first-order valence-electron chi connectivity index (χ1n) is 3.84. The highest BCUT2D eigenvalue weighted by atomic mass is 127. The highest BCUT2D eigenvalue weighted by Gasteiger charge is 2.17. The van der Waals surface area contributed by atoms with Crippen LogP contribution in [0.3, 0.4) is 0 Å². The van der Waals surface area contributed by atoms with Gasteiger partial charge >= 0.3 is 6.64 Å². The second-order valence-corrected chi connectivity index (χ2v) is 7.49. The first kappa shape index (κ1) is 14.9. The van der Waals surface area contributed by atoms with E-state index >= 15 is 0 Å². The fourth-order valence-electron chi connectivity index (χ4n) is 0.880. The van der Waals surface area contributed by atoms with Crippen LogP contribution < -0.4 is 5.09 Å². The zero-order chi connectivity index (χ0) is 12.3. The summed E-state index contributed by atoms with van der Waals surface area (Å²) >= 11 is 18.7. The molecule has 0 aliphatic heterocycles. The Hall–Kier alpha value is 0.860. The first-order valence-corrected chi connectivity index (χ1v) is 8.34. The molecule has 9 heteroatoms. The van der Waals surface area contributed by atoms with E-state index in [-0.39, 0.29) is 0 Å². The average Bonchev–Trinajstić information content (AvgIpc) is 2.13. The molecule has 0 aliphatic rings. The van der Waals surface area contributed by atoms with Crippen molar-refractivity contribution >= 4 is 69.9 Å². The van der Waals surface area contributed by atoms with Gasteiger partial charge in [-0.1, -0.05) is 23.2 Å². The molecule has 0 spiro atoms. The van der Waals surface area contributed by atoms with Gasteiger partial charge in [0.15, 0.2) is 0 Å². The molecule has 2 N–H and O–H groups in total. The Morgan fingerprint density at radius 2 is 2.06 bits per heavy atom. The normalized spacial score (nSPS) is 14.6. The fourth-order valence-corrected chi connectivity index (χ4v) is 3.18. The summed E-state index contributed by atoms with van der Waals surface area (Å²) in [4.78, 5) is 13.9. The van der Waals surface area contributed by atoms with E-state index in [2.05, 4.69) is 14.6 Å². The third-order valence-electron chi connectivity index (χ3n) is 1.45. The van der Waals surface area contributed by atoms with Gasteiger partial charge in [0.1, 0.15) is 0 Å². The van der Waals surface area contributed by atoms with E-state index in [1.807, 2.05) is 22.6 Å². The predicted molar refractivity (Wildman–Crippen MR) is 77.4 cm³/mol. The van der Waals surface area contributed by atoms with Crippen LogP contribution in [0.15, 0.2) is 12.1 Å². The third-order valence-corrected chi connectivity index (χ3v) is 4.62. The fraction of sp³-hybridized carbons (Fsp3) is 0.143. The number of nitrogens with one attached hydrogen (secondary N) is 1. The largest absolute Gasteiger partial charge is 0.328 e. The Balaban J connectivity index is 2.98. The maximum Gasteiger partial charge on any atom is 0.314 e.